The predicted molar refractivity (Wildman–Crippen MR) is 86.7 cm³/mol. The molecule has 0 unspecified atom stereocenters. The van der Waals surface area contributed by atoms with Crippen LogP contribution in [0.5, 0.6) is 5.75 Å². The molecule has 2 heterocycles. The lowest BCUT2D eigenvalue weighted by Crippen LogP contribution is -2.47. The Kier molecular flexibility index (Phi) is 5.01. The quantitative estimate of drug-likeness (QED) is 0.842. The molecule has 2 aliphatic heterocycles. The average Bonchev–Trinajstić information content (AvgIpc) is 3.04. The van der Waals surface area contributed by atoms with Gasteiger partial charge in [-0.15, -0.1) is 0 Å². The second-order valence-electron chi connectivity index (χ2n) is 5.94. The molecule has 7 heteroatoms. The topological polar surface area (TPSA) is 77.1 Å². The molecule has 0 bridgehead atoms. The molecule has 1 N–H and O–H groups in total. The van der Waals surface area contributed by atoms with E-state index in [1.807, 2.05) is 0 Å². The van der Waals surface area contributed by atoms with Crippen LogP contribution in [0.25, 0.3) is 0 Å². The highest BCUT2D eigenvalue weighted by molar-refractivity contribution is 6.03. The molecule has 0 radical (unpaired) electrons. The summed E-state index contributed by atoms with van der Waals surface area (Å²) in [6, 6.07) is 6.98. The SMILES string of the molecule is COc1ccc(NC(=O)CC(=O)N2CCC3(CC2)OCCO3)cc1. The Morgan fingerprint density at radius 1 is 1.17 bits per heavy atom. The fourth-order valence-electron chi connectivity index (χ4n) is 3.01. The molecule has 1 spiro atoms. The van der Waals surface area contributed by atoms with Gasteiger partial charge in [-0.25, -0.2) is 0 Å². The Morgan fingerprint density at radius 2 is 1.79 bits per heavy atom. The van der Waals surface area contributed by atoms with Crippen molar-refractivity contribution >= 4 is 17.5 Å². The summed E-state index contributed by atoms with van der Waals surface area (Å²) in [4.78, 5) is 26.0. The normalized spacial score (nSPS) is 19.3. The van der Waals surface area contributed by atoms with Crippen LogP contribution in [-0.4, -0.2) is 55.9 Å². The minimum Gasteiger partial charge on any atom is -0.497 e. The molecule has 0 atom stereocenters. The van der Waals surface area contributed by atoms with E-state index in [1.165, 1.54) is 0 Å². The van der Waals surface area contributed by atoms with Crippen molar-refractivity contribution in [3.63, 3.8) is 0 Å². The van der Waals surface area contributed by atoms with E-state index in [0.717, 1.165) is 0 Å². The summed E-state index contributed by atoms with van der Waals surface area (Å²) < 4.78 is 16.3. The molecule has 2 aliphatic rings. The molecule has 2 amide bonds. The van der Waals surface area contributed by atoms with E-state index in [1.54, 1.807) is 36.3 Å². The fraction of sp³-hybridized carbons (Fsp3) is 0.529. The first-order valence-corrected chi connectivity index (χ1v) is 8.10. The molecule has 0 saturated carbocycles. The molecular weight excluding hydrogens is 312 g/mol. The lowest BCUT2D eigenvalue weighted by atomic mass is 10.0. The Labute approximate surface area is 140 Å². The first-order valence-electron chi connectivity index (χ1n) is 8.10. The third-order valence-corrected chi connectivity index (χ3v) is 4.38. The monoisotopic (exact) mass is 334 g/mol. The number of hydrogen-bond donors (Lipinski definition) is 1. The molecule has 0 aliphatic carbocycles. The van der Waals surface area contributed by atoms with Crippen molar-refractivity contribution < 1.29 is 23.8 Å². The highest BCUT2D eigenvalue weighted by Gasteiger charge is 2.40. The maximum atomic E-state index is 12.3. The van der Waals surface area contributed by atoms with Crippen molar-refractivity contribution in [2.24, 2.45) is 0 Å². The van der Waals surface area contributed by atoms with Gasteiger partial charge in [0.15, 0.2) is 5.79 Å². The number of carbonyl (C=O) groups excluding carboxylic acids is 2. The zero-order chi connectivity index (χ0) is 17.0. The zero-order valence-electron chi connectivity index (χ0n) is 13.7. The molecule has 1 aromatic carbocycles. The van der Waals surface area contributed by atoms with Crippen LogP contribution in [0.1, 0.15) is 19.3 Å². The number of ether oxygens (including phenoxy) is 3. The summed E-state index contributed by atoms with van der Waals surface area (Å²) in [5.74, 6) is -0.294. The van der Waals surface area contributed by atoms with E-state index in [2.05, 4.69) is 5.32 Å². The number of nitrogens with one attached hydrogen (secondary N) is 1. The summed E-state index contributed by atoms with van der Waals surface area (Å²) in [6.45, 7) is 2.32. The van der Waals surface area contributed by atoms with Crippen molar-refractivity contribution in [3.8, 4) is 5.75 Å². The fourth-order valence-corrected chi connectivity index (χ4v) is 3.01. The number of piperidine rings is 1. The Morgan fingerprint density at radius 3 is 2.38 bits per heavy atom. The van der Waals surface area contributed by atoms with E-state index in [9.17, 15) is 9.59 Å². The number of rotatable bonds is 4. The number of carbonyl (C=O) groups is 2. The molecule has 3 rings (SSSR count). The van der Waals surface area contributed by atoms with Gasteiger partial charge >= 0.3 is 0 Å². The van der Waals surface area contributed by atoms with E-state index in [0.29, 0.717) is 50.6 Å². The molecular formula is C17H22N2O5. The van der Waals surface area contributed by atoms with E-state index >= 15 is 0 Å². The highest BCUT2D eigenvalue weighted by Crippen LogP contribution is 2.31. The molecule has 0 aromatic heterocycles. The van der Waals surface area contributed by atoms with Gasteiger partial charge in [0.25, 0.3) is 0 Å². The van der Waals surface area contributed by atoms with E-state index < -0.39 is 5.79 Å². The van der Waals surface area contributed by atoms with E-state index in [-0.39, 0.29) is 18.2 Å². The first-order chi connectivity index (χ1) is 11.6. The second kappa shape index (κ2) is 7.19. The lowest BCUT2D eigenvalue weighted by Gasteiger charge is -2.37. The van der Waals surface area contributed by atoms with Crippen LogP contribution >= 0.6 is 0 Å². The standard InChI is InChI=1S/C17H22N2O5/c1-22-14-4-2-13(3-5-14)18-15(20)12-16(21)19-8-6-17(7-9-19)23-10-11-24-17/h2-5H,6-12H2,1H3,(H,18,20). The van der Waals surface area contributed by atoms with Crippen LogP contribution in [0.3, 0.4) is 0 Å². The predicted octanol–water partition coefficient (Wildman–Crippen LogP) is 1.39. The molecule has 24 heavy (non-hydrogen) atoms. The highest BCUT2D eigenvalue weighted by atomic mass is 16.7. The van der Waals surface area contributed by atoms with Gasteiger partial charge in [0.1, 0.15) is 12.2 Å². The summed E-state index contributed by atoms with van der Waals surface area (Å²) in [7, 11) is 1.58. The Bertz CT molecular complexity index is 586. The number of likely N-dealkylation sites (tertiary alicyclic amines) is 1. The van der Waals surface area contributed by atoms with Gasteiger partial charge in [-0.2, -0.15) is 0 Å². The summed E-state index contributed by atoms with van der Waals surface area (Å²) >= 11 is 0. The molecule has 7 nitrogen and oxygen atoms in total. The average molecular weight is 334 g/mol. The minimum atomic E-state index is -0.512. The van der Waals surface area contributed by atoms with Crippen molar-refractivity contribution in [3.05, 3.63) is 24.3 Å². The summed E-state index contributed by atoms with van der Waals surface area (Å²) in [6.07, 6.45) is 1.14. The minimum absolute atomic E-state index is 0.166. The summed E-state index contributed by atoms with van der Waals surface area (Å²) in [5.41, 5.74) is 0.638. The molecule has 2 fully saturated rings. The van der Waals surface area contributed by atoms with Crippen LogP contribution in [0.2, 0.25) is 0 Å². The van der Waals surface area contributed by atoms with Gasteiger partial charge in [-0.1, -0.05) is 0 Å². The smallest absolute Gasteiger partial charge is 0.233 e. The third kappa shape index (κ3) is 3.85. The molecule has 2 saturated heterocycles. The molecule has 130 valence electrons. The van der Waals surface area contributed by atoms with Crippen LogP contribution in [0, 0.1) is 0 Å². The Hall–Kier alpha value is -2.12. The van der Waals surface area contributed by atoms with Crippen LogP contribution in [0.15, 0.2) is 24.3 Å². The number of hydrogen-bond acceptors (Lipinski definition) is 5. The van der Waals surface area contributed by atoms with Gasteiger partial charge in [-0.3, -0.25) is 9.59 Å². The van der Waals surface area contributed by atoms with Gasteiger partial charge in [0, 0.05) is 31.6 Å². The first kappa shape index (κ1) is 16.7. The maximum absolute atomic E-state index is 12.3. The van der Waals surface area contributed by atoms with Crippen molar-refractivity contribution in [1.29, 1.82) is 0 Å². The Balaban J connectivity index is 1.46. The second-order valence-corrected chi connectivity index (χ2v) is 5.94. The lowest BCUT2D eigenvalue weighted by molar-refractivity contribution is -0.187. The van der Waals surface area contributed by atoms with E-state index in [4.69, 9.17) is 14.2 Å². The van der Waals surface area contributed by atoms with Crippen molar-refractivity contribution in [2.75, 3.05) is 38.7 Å². The van der Waals surface area contributed by atoms with Gasteiger partial charge in [0.2, 0.25) is 11.8 Å². The number of amides is 2. The van der Waals surface area contributed by atoms with Gasteiger partial charge in [0.05, 0.1) is 20.3 Å². The number of benzene rings is 1. The van der Waals surface area contributed by atoms with Gasteiger partial charge in [-0.05, 0) is 24.3 Å². The summed E-state index contributed by atoms with van der Waals surface area (Å²) in [5, 5.41) is 2.72. The van der Waals surface area contributed by atoms with Crippen LogP contribution < -0.4 is 10.1 Å². The zero-order valence-corrected chi connectivity index (χ0v) is 13.7. The van der Waals surface area contributed by atoms with Crippen LogP contribution in [-0.2, 0) is 19.1 Å². The van der Waals surface area contributed by atoms with Crippen molar-refractivity contribution in [1.82, 2.24) is 4.90 Å². The van der Waals surface area contributed by atoms with Crippen molar-refractivity contribution in [2.45, 2.75) is 25.0 Å². The molecule has 1 aromatic rings. The largest absolute Gasteiger partial charge is 0.497 e. The van der Waals surface area contributed by atoms with Crippen LogP contribution in [0.4, 0.5) is 5.69 Å². The maximum Gasteiger partial charge on any atom is 0.233 e. The number of anilines is 1. The third-order valence-electron chi connectivity index (χ3n) is 4.38. The number of nitrogens with zero attached hydrogens (tertiary/aromatic N) is 1. The van der Waals surface area contributed by atoms with Gasteiger partial charge < -0.3 is 24.4 Å². The number of methoxy groups -OCH3 is 1.